The Morgan fingerprint density at radius 3 is 1.31 bits per heavy atom. The number of ether oxygens (including phenoxy) is 1. The largest absolute Gasteiger partial charge is 0.405 e. The molecule has 13 heavy (non-hydrogen) atoms. The van der Waals surface area contributed by atoms with Gasteiger partial charge in [0.25, 0.3) is 0 Å². The highest BCUT2D eigenvalue weighted by atomic mass is 19.4. The molecule has 0 bridgehead atoms. The van der Waals surface area contributed by atoms with E-state index in [4.69, 9.17) is 0 Å². The van der Waals surface area contributed by atoms with E-state index in [0.717, 1.165) is 7.11 Å². The standard InChI is InChI=1S/C6H8F6O/c1-4(3-13-2,5(7,8)9)6(10,11)12/h3H2,1-2H3. The van der Waals surface area contributed by atoms with Gasteiger partial charge in [-0.05, 0) is 6.92 Å². The van der Waals surface area contributed by atoms with Crippen LogP contribution in [0.25, 0.3) is 0 Å². The van der Waals surface area contributed by atoms with Crippen molar-refractivity contribution in [3.8, 4) is 0 Å². The number of hydrogen-bond acceptors (Lipinski definition) is 1. The summed E-state index contributed by atoms with van der Waals surface area (Å²) in [6.45, 7) is -1.36. The Morgan fingerprint density at radius 1 is 0.923 bits per heavy atom. The molecule has 0 aliphatic carbocycles. The monoisotopic (exact) mass is 210 g/mol. The van der Waals surface area contributed by atoms with Crippen LogP contribution >= 0.6 is 0 Å². The number of methoxy groups -OCH3 is 1. The van der Waals surface area contributed by atoms with Crippen molar-refractivity contribution in [1.82, 2.24) is 0 Å². The molecule has 0 aliphatic rings. The van der Waals surface area contributed by atoms with E-state index >= 15 is 0 Å². The van der Waals surface area contributed by atoms with Crippen molar-refractivity contribution in [1.29, 1.82) is 0 Å². The first-order valence-electron chi connectivity index (χ1n) is 3.18. The van der Waals surface area contributed by atoms with E-state index in [9.17, 15) is 26.3 Å². The summed E-state index contributed by atoms with van der Waals surface area (Å²) in [7, 11) is 0.787. The summed E-state index contributed by atoms with van der Waals surface area (Å²) >= 11 is 0. The molecule has 0 aromatic rings. The summed E-state index contributed by atoms with van der Waals surface area (Å²) in [5.41, 5.74) is -3.80. The fraction of sp³-hybridized carbons (Fsp3) is 1.00. The average Bonchev–Trinajstić information content (AvgIpc) is 1.82. The number of rotatable bonds is 2. The third-order valence-corrected chi connectivity index (χ3v) is 1.68. The summed E-state index contributed by atoms with van der Waals surface area (Å²) in [5.74, 6) is 0. The van der Waals surface area contributed by atoms with Crippen molar-refractivity contribution < 1.29 is 31.1 Å². The van der Waals surface area contributed by atoms with Crippen LogP contribution in [0.4, 0.5) is 26.3 Å². The maximum atomic E-state index is 12.0. The summed E-state index contributed by atoms with van der Waals surface area (Å²) in [5, 5.41) is 0. The maximum absolute atomic E-state index is 12.0. The predicted molar refractivity (Wildman–Crippen MR) is 32.1 cm³/mol. The molecule has 0 saturated carbocycles. The second-order valence-electron chi connectivity index (χ2n) is 2.76. The number of alkyl halides is 6. The molecule has 0 radical (unpaired) electrons. The van der Waals surface area contributed by atoms with Crippen LogP contribution in [-0.2, 0) is 4.74 Å². The van der Waals surface area contributed by atoms with E-state index in [1.807, 2.05) is 0 Å². The van der Waals surface area contributed by atoms with Gasteiger partial charge in [0.15, 0.2) is 5.41 Å². The minimum absolute atomic E-state index is 0.0660. The number of halogens is 6. The molecule has 0 N–H and O–H groups in total. The van der Waals surface area contributed by atoms with E-state index in [0.29, 0.717) is 0 Å². The third-order valence-electron chi connectivity index (χ3n) is 1.68. The molecule has 0 heterocycles. The highest BCUT2D eigenvalue weighted by Gasteiger charge is 2.67. The van der Waals surface area contributed by atoms with Gasteiger partial charge < -0.3 is 4.74 Å². The quantitative estimate of drug-likeness (QED) is 0.637. The van der Waals surface area contributed by atoms with Crippen LogP contribution in [0.15, 0.2) is 0 Å². The smallest absolute Gasteiger partial charge is 0.383 e. The zero-order valence-corrected chi connectivity index (χ0v) is 6.88. The Kier molecular flexibility index (Phi) is 3.24. The molecule has 0 aromatic carbocycles. The minimum atomic E-state index is -5.36. The van der Waals surface area contributed by atoms with Crippen molar-refractivity contribution >= 4 is 0 Å². The highest BCUT2D eigenvalue weighted by Crippen LogP contribution is 2.49. The van der Waals surface area contributed by atoms with Crippen LogP contribution in [0.1, 0.15) is 6.92 Å². The molecular formula is C6H8F6O. The molecule has 1 nitrogen and oxygen atoms in total. The van der Waals surface area contributed by atoms with Gasteiger partial charge in [-0.2, -0.15) is 26.3 Å². The predicted octanol–water partition coefficient (Wildman–Crippen LogP) is 2.76. The van der Waals surface area contributed by atoms with Gasteiger partial charge in [0.05, 0.1) is 6.61 Å². The summed E-state index contributed by atoms with van der Waals surface area (Å²) in [6, 6.07) is 0. The Labute approximate surface area is 70.7 Å². The molecular weight excluding hydrogens is 202 g/mol. The van der Waals surface area contributed by atoms with Crippen LogP contribution in [0.5, 0.6) is 0 Å². The van der Waals surface area contributed by atoms with E-state index in [1.165, 1.54) is 0 Å². The normalized spacial score (nSPS) is 14.8. The van der Waals surface area contributed by atoms with Gasteiger partial charge >= 0.3 is 12.4 Å². The zero-order chi connectivity index (χ0) is 10.9. The van der Waals surface area contributed by atoms with Gasteiger partial charge in [-0.15, -0.1) is 0 Å². The van der Waals surface area contributed by atoms with Gasteiger partial charge in [-0.1, -0.05) is 0 Å². The molecule has 0 unspecified atom stereocenters. The van der Waals surface area contributed by atoms with Crippen LogP contribution in [0, 0.1) is 5.41 Å². The Hall–Kier alpha value is -0.460. The topological polar surface area (TPSA) is 9.23 Å². The molecule has 0 fully saturated rings. The second-order valence-corrected chi connectivity index (χ2v) is 2.76. The fourth-order valence-electron chi connectivity index (χ4n) is 0.613. The van der Waals surface area contributed by atoms with E-state index in [-0.39, 0.29) is 6.92 Å². The van der Waals surface area contributed by atoms with Gasteiger partial charge in [0, 0.05) is 7.11 Å². The van der Waals surface area contributed by atoms with Crippen molar-refractivity contribution in [3.05, 3.63) is 0 Å². The van der Waals surface area contributed by atoms with E-state index in [1.54, 1.807) is 0 Å². The molecule has 0 amide bonds. The molecule has 7 heteroatoms. The second kappa shape index (κ2) is 3.36. The van der Waals surface area contributed by atoms with Crippen molar-refractivity contribution in [3.63, 3.8) is 0 Å². The summed E-state index contributed by atoms with van der Waals surface area (Å²) in [6.07, 6.45) is -10.7. The lowest BCUT2D eigenvalue weighted by molar-refractivity contribution is -0.344. The van der Waals surface area contributed by atoms with Crippen LogP contribution in [0.2, 0.25) is 0 Å². The highest BCUT2D eigenvalue weighted by molar-refractivity contribution is 4.88. The Balaban J connectivity index is 4.96. The molecule has 0 saturated heterocycles. The molecule has 80 valence electrons. The first kappa shape index (κ1) is 12.5. The SMILES string of the molecule is COCC(C)(C(F)(F)F)C(F)(F)F. The Morgan fingerprint density at radius 2 is 1.23 bits per heavy atom. The van der Waals surface area contributed by atoms with E-state index in [2.05, 4.69) is 4.74 Å². The van der Waals surface area contributed by atoms with Gasteiger partial charge in [-0.3, -0.25) is 0 Å². The third kappa shape index (κ3) is 2.26. The lowest BCUT2D eigenvalue weighted by Gasteiger charge is -2.32. The van der Waals surface area contributed by atoms with Gasteiger partial charge in [0.2, 0.25) is 0 Å². The summed E-state index contributed by atoms with van der Waals surface area (Å²) < 4.78 is 75.8. The number of hydrogen-bond donors (Lipinski definition) is 0. The lowest BCUT2D eigenvalue weighted by Crippen LogP contribution is -2.50. The van der Waals surface area contributed by atoms with Crippen LogP contribution in [-0.4, -0.2) is 26.1 Å². The van der Waals surface area contributed by atoms with Crippen LogP contribution < -0.4 is 0 Å². The molecule has 0 rings (SSSR count). The first-order chi connectivity index (χ1) is 5.56. The average molecular weight is 210 g/mol. The maximum Gasteiger partial charge on any atom is 0.405 e. The molecule has 0 aromatic heterocycles. The summed E-state index contributed by atoms with van der Waals surface area (Å²) in [4.78, 5) is 0. The zero-order valence-electron chi connectivity index (χ0n) is 6.88. The fourth-order valence-corrected chi connectivity index (χ4v) is 0.613. The molecule has 0 aliphatic heterocycles. The van der Waals surface area contributed by atoms with Crippen LogP contribution in [0.3, 0.4) is 0 Å². The van der Waals surface area contributed by atoms with Crippen molar-refractivity contribution in [2.45, 2.75) is 19.3 Å². The van der Waals surface area contributed by atoms with Crippen molar-refractivity contribution in [2.75, 3.05) is 13.7 Å². The minimum Gasteiger partial charge on any atom is -0.383 e. The van der Waals surface area contributed by atoms with Gasteiger partial charge in [0.1, 0.15) is 0 Å². The molecule has 0 atom stereocenters. The van der Waals surface area contributed by atoms with Gasteiger partial charge in [-0.25, -0.2) is 0 Å². The molecule has 0 spiro atoms. The van der Waals surface area contributed by atoms with E-state index < -0.39 is 24.4 Å². The Bertz CT molecular complexity index is 155. The first-order valence-corrected chi connectivity index (χ1v) is 3.18. The lowest BCUT2D eigenvalue weighted by atomic mass is 9.90. The van der Waals surface area contributed by atoms with Crippen molar-refractivity contribution in [2.24, 2.45) is 5.41 Å².